The smallest absolute Gasteiger partial charge is 0.251 e. The van der Waals surface area contributed by atoms with Gasteiger partial charge in [-0.1, -0.05) is 30.5 Å². The van der Waals surface area contributed by atoms with Gasteiger partial charge in [-0.2, -0.15) is 10.4 Å². The lowest BCUT2D eigenvalue weighted by Gasteiger charge is -2.34. The van der Waals surface area contributed by atoms with Crippen molar-refractivity contribution in [3.05, 3.63) is 63.7 Å². The zero-order valence-electron chi connectivity index (χ0n) is 19.4. The van der Waals surface area contributed by atoms with E-state index in [9.17, 15) is 14.3 Å². The molecule has 1 heterocycles. The second kappa shape index (κ2) is 10.1. The molecule has 1 fully saturated rings. The molecule has 0 radical (unpaired) electrons. The van der Waals surface area contributed by atoms with Gasteiger partial charge in [0.05, 0.1) is 44.8 Å². The number of hydrogen-bond acceptors (Lipinski definition) is 5. The number of rotatable bonds is 6. The number of carbonyl (C=O) groups is 1. The minimum absolute atomic E-state index is 0.189. The standard InChI is InChI=1S/C26H28ClN5O2S/c27-23-14-20(8-5-19(23)15-28)32-25(16-3-1-2-4-16)22-10-6-17-13-18(7-9-21(17)24(22)31-32)26(33)30-11-12-35(29)34/h5,7-9,13-14,16,22,25H,1-4,6,10-12,29H2,(H,30,33). The number of hydrazone groups is 1. The highest BCUT2D eigenvalue weighted by molar-refractivity contribution is 7.82. The summed E-state index contributed by atoms with van der Waals surface area (Å²) in [6.45, 7) is 0.277. The van der Waals surface area contributed by atoms with Crippen molar-refractivity contribution >= 4 is 39.9 Å². The van der Waals surface area contributed by atoms with Crippen LogP contribution in [0.1, 0.15) is 59.2 Å². The molecular formula is C26H28ClN5O2S. The number of halogens is 1. The van der Waals surface area contributed by atoms with E-state index < -0.39 is 11.0 Å². The lowest BCUT2D eigenvalue weighted by molar-refractivity contribution is 0.0956. The van der Waals surface area contributed by atoms with E-state index in [4.69, 9.17) is 21.8 Å². The maximum Gasteiger partial charge on any atom is 0.251 e. The van der Waals surface area contributed by atoms with Crippen LogP contribution in [0.2, 0.25) is 5.02 Å². The molecular weight excluding hydrogens is 482 g/mol. The number of nitrogens with two attached hydrogens (primary N) is 1. The average Bonchev–Trinajstić information content (AvgIpc) is 3.51. The molecule has 35 heavy (non-hydrogen) atoms. The summed E-state index contributed by atoms with van der Waals surface area (Å²) in [6, 6.07) is 13.8. The third-order valence-corrected chi connectivity index (χ3v) is 8.36. The normalized spacial score (nSPS) is 22.2. The van der Waals surface area contributed by atoms with Gasteiger partial charge in [0.2, 0.25) is 0 Å². The van der Waals surface area contributed by atoms with Crippen molar-refractivity contribution in [1.82, 2.24) is 5.32 Å². The van der Waals surface area contributed by atoms with Gasteiger partial charge >= 0.3 is 0 Å². The fourth-order valence-electron chi connectivity index (χ4n) is 5.81. The van der Waals surface area contributed by atoms with Crippen molar-refractivity contribution in [2.24, 2.45) is 22.1 Å². The number of nitrogens with zero attached hydrogens (tertiary/aromatic N) is 3. The van der Waals surface area contributed by atoms with E-state index in [1.807, 2.05) is 30.3 Å². The summed E-state index contributed by atoms with van der Waals surface area (Å²) in [5.74, 6) is 0.924. The number of hydrogen-bond donors (Lipinski definition) is 2. The van der Waals surface area contributed by atoms with Crippen LogP contribution < -0.4 is 15.5 Å². The minimum atomic E-state index is -1.43. The van der Waals surface area contributed by atoms with Crippen LogP contribution in [0.25, 0.3) is 0 Å². The topological polar surface area (TPSA) is 112 Å². The largest absolute Gasteiger partial charge is 0.351 e. The van der Waals surface area contributed by atoms with Crippen LogP contribution in [-0.4, -0.2) is 34.2 Å². The van der Waals surface area contributed by atoms with Gasteiger partial charge in [-0.15, -0.1) is 0 Å². The number of benzene rings is 2. The highest BCUT2D eigenvalue weighted by Crippen LogP contribution is 2.45. The lowest BCUT2D eigenvalue weighted by atomic mass is 9.74. The predicted molar refractivity (Wildman–Crippen MR) is 139 cm³/mol. The fourth-order valence-corrected chi connectivity index (χ4v) is 6.33. The Morgan fingerprint density at radius 1 is 1.23 bits per heavy atom. The van der Waals surface area contributed by atoms with Crippen LogP contribution in [-0.2, 0) is 17.4 Å². The number of carbonyl (C=O) groups excluding carboxylic acids is 1. The molecule has 3 N–H and O–H groups in total. The summed E-state index contributed by atoms with van der Waals surface area (Å²) in [5, 5.41) is 25.1. The Kier molecular flexibility index (Phi) is 6.92. The SMILES string of the molecule is N#Cc1ccc(N2N=C3c4ccc(C(=O)NCCS(N)=O)cc4CCC3C2C2CCCC2)cc1Cl. The minimum Gasteiger partial charge on any atom is -0.351 e. The molecule has 0 saturated heterocycles. The van der Waals surface area contributed by atoms with Crippen molar-refractivity contribution in [3.63, 3.8) is 0 Å². The third kappa shape index (κ3) is 4.73. The molecule has 1 saturated carbocycles. The highest BCUT2D eigenvalue weighted by atomic mass is 35.5. The van der Waals surface area contributed by atoms with Gasteiger partial charge in [-0.3, -0.25) is 14.9 Å². The summed E-state index contributed by atoms with van der Waals surface area (Å²) in [5.41, 5.74) is 5.28. The second-order valence-electron chi connectivity index (χ2n) is 9.50. The molecule has 0 aromatic heterocycles. The molecule has 3 aliphatic rings. The molecule has 2 aromatic rings. The van der Waals surface area contributed by atoms with Crippen molar-refractivity contribution in [2.75, 3.05) is 17.3 Å². The van der Waals surface area contributed by atoms with Gasteiger partial charge in [-0.05, 0) is 67.5 Å². The zero-order chi connectivity index (χ0) is 24.5. The lowest BCUT2D eigenvalue weighted by Crippen LogP contribution is -2.40. The van der Waals surface area contributed by atoms with E-state index in [0.717, 1.165) is 35.4 Å². The third-order valence-electron chi connectivity index (χ3n) is 7.44. The molecule has 3 atom stereocenters. The van der Waals surface area contributed by atoms with E-state index in [1.165, 1.54) is 25.7 Å². The molecule has 2 aliphatic carbocycles. The Morgan fingerprint density at radius 3 is 2.74 bits per heavy atom. The number of anilines is 1. The van der Waals surface area contributed by atoms with Gasteiger partial charge in [-0.25, -0.2) is 4.21 Å². The van der Waals surface area contributed by atoms with E-state index in [1.54, 1.807) is 6.07 Å². The maximum absolute atomic E-state index is 12.6. The van der Waals surface area contributed by atoms with Crippen molar-refractivity contribution < 1.29 is 9.00 Å². The monoisotopic (exact) mass is 509 g/mol. The maximum atomic E-state index is 12.6. The Morgan fingerprint density at radius 2 is 2.03 bits per heavy atom. The molecule has 7 nitrogen and oxygen atoms in total. The summed E-state index contributed by atoms with van der Waals surface area (Å²) in [6.07, 6.45) is 6.76. The highest BCUT2D eigenvalue weighted by Gasteiger charge is 2.45. The van der Waals surface area contributed by atoms with Gasteiger partial charge in [0.15, 0.2) is 0 Å². The van der Waals surface area contributed by atoms with Gasteiger partial charge < -0.3 is 5.32 Å². The summed E-state index contributed by atoms with van der Waals surface area (Å²) in [7, 11) is -1.43. The van der Waals surface area contributed by atoms with Crippen LogP contribution in [0.4, 0.5) is 5.69 Å². The number of amides is 1. The van der Waals surface area contributed by atoms with E-state index in [-0.39, 0.29) is 24.2 Å². The molecule has 5 rings (SSSR count). The zero-order valence-corrected chi connectivity index (χ0v) is 20.9. The Hall–Kier alpha value is -2.73. The van der Waals surface area contributed by atoms with Crippen molar-refractivity contribution in [3.8, 4) is 6.07 Å². The van der Waals surface area contributed by atoms with E-state index >= 15 is 0 Å². The van der Waals surface area contributed by atoms with E-state index in [0.29, 0.717) is 28.0 Å². The Balaban J connectivity index is 1.46. The molecule has 9 heteroatoms. The molecule has 1 amide bonds. The van der Waals surface area contributed by atoms with Crippen LogP contribution in [0, 0.1) is 23.2 Å². The quantitative estimate of drug-likeness (QED) is 0.614. The first-order chi connectivity index (χ1) is 17.0. The van der Waals surface area contributed by atoms with Crippen LogP contribution in [0.5, 0.6) is 0 Å². The molecule has 2 aromatic carbocycles. The summed E-state index contributed by atoms with van der Waals surface area (Å²) >= 11 is 6.39. The van der Waals surface area contributed by atoms with Gasteiger partial charge in [0.1, 0.15) is 6.07 Å². The number of nitrogens with one attached hydrogen (secondary N) is 1. The first-order valence-electron chi connectivity index (χ1n) is 12.1. The Bertz CT molecular complexity index is 1250. The van der Waals surface area contributed by atoms with Gasteiger partial charge in [0, 0.05) is 23.6 Å². The van der Waals surface area contributed by atoms with Crippen molar-refractivity contribution in [1.29, 1.82) is 5.26 Å². The fraction of sp³-hybridized carbons (Fsp3) is 0.423. The Labute approximate surface area is 212 Å². The van der Waals surface area contributed by atoms with Crippen LogP contribution in [0.15, 0.2) is 41.5 Å². The van der Waals surface area contributed by atoms with Crippen LogP contribution >= 0.6 is 11.6 Å². The molecule has 0 bridgehead atoms. The number of fused-ring (bicyclic) bond motifs is 3. The second-order valence-corrected chi connectivity index (χ2v) is 11.1. The summed E-state index contributed by atoms with van der Waals surface area (Å²) in [4.78, 5) is 12.6. The van der Waals surface area contributed by atoms with Crippen molar-refractivity contribution in [2.45, 2.75) is 44.6 Å². The first-order valence-corrected chi connectivity index (χ1v) is 13.8. The molecule has 3 unspecified atom stereocenters. The number of aryl methyl sites for hydroxylation is 1. The molecule has 182 valence electrons. The van der Waals surface area contributed by atoms with Crippen LogP contribution in [0.3, 0.4) is 0 Å². The number of nitriles is 1. The first kappa shape index (κ1) is 24.0. The predicted octanol–water partition coefficient (Wildman–Crippen LogP) is 3.91. The molecule has 1 aliphatic heterocycles. The van der Waals surface area contributed by atoms with Gasteiger partial charge in [0.25, 0.3) is 5.91 Å². The summed E-state index contributed by atoms with van der Waals surface area (Å²) < 4.78 is 11.1. The average molecular weight is 510 g/mol. The molecule has 0 spiro atoms. The van der Waals surface area contributed by atoms with E-state index in [2.05, 4.69) is 16.4 Å².